The third-order valence-electron chi connectivity index (χ3n) is 8.60. The Bertz CT molecular complexity index is 1660. The van der Waals surface area contributed by atoms with Gasteiger partial charge in [-0.3, -0.25) is 14.6 Å². The second-order valence-electron chi connectivity index (χ2n) is 12.1. The third-order valence-corrected chi connectivity index (χ3v) is 8.60. The Morgan fingerprint density at radius 3 is 2.10 bits per heavy atom. The van der Waals surface area contributed by atoms with Crippen molar-refractivity contribution in [2.45, 2.75) is 57.0 Å². The van der Waals surface area contributed by atoms with E-state index in [2.05, 4.69) is 15.0 Å². The monoisotopic (exact) mass is 673 g/mol. The average molecular weight is 674 g/mol. The number of hydrogen-bond acceptors (Lipinski definition) is 7. The number of halogens is 5. The molecule has 2 fully saturated rings. The van der Waals surface area contributed by atoms with Crippen LogP contribution in [-0.2, 0) is 13.1 Å². The van der Waals surface area contributed by atoms with Crippen LogP contribution in [0.1, 0.15) is 40.9 Å². The van der Waals surface area contributed by atoms with E-state index in [-0.39, 0.29) is 30.0 Å². The molecule has 1 amide bonds. The van der Waals surface area contributed by atoms with Crippen LogP contribution in [0.3, 0.4) is 0 Å². The minimum Gasteiger partial charge on any atom is -0.487 e. The lowest BCUT2D eigenvalue weighted by atomic mass is 10.0. The fourth-order valence-electron chi connectivity index (χ4n) is 6.16. The zero-order chi connectivity index (χ0) is 33.7. The van der Waals surface area contributed by atoms with Gasteiger partial charge in [-0.25, -0.2) is 8.78 Å². The lowest BCUT2D eigenvalue weighted by molar-refractivity contribution is -0.274. The van der Waals surface area contributed by atoms with Gasteiger partial charge in [0.25, 0.3) is 5.91 Å². The van der Waals surface area contributed by atoms with Crippen LogP contribution in [0, 0.1) is 0 Å². The number of nitrogens with one attached hydrogen (secondary N) is 1. The first-order valence-corrected chi connectivity index (χ1v) is 15.8. The van der Waals surface area contributed by atoms with Gasteiger partial charge >= 0.3 is 6.36 Å². The number of alkyl halides is 5. The van der Waals surface area contributed by atoms with Gasteiger partial charge in [0, 0.05) is 50.7 Å². The summed E-state index contributed by atoms with van der Waals surface area (Å²) in [7, 11) is 0. The van der Waals surface area contributed by atoms with Crippen molar-refractivity contribution in [3.63, 3.8) is 0 Å². The number of piperidine rings is 2. The topological polar surface area (TPSA) is 76.4 Å². The molecule has 1 aromatic heterocycles. The number of hydrogen-bond donors (Lipinski definition) is 1. The summed E-state index contributed by atoms with van der Waals surface area (Å²) in [6.07, 6.45) is -4.69. The number of likely N-dealkylation sites (tertiary alicyclic amines) is 2. The molecule has 0 saturated carbocycles. The number of fused-ring (bicyclic) bond motifs is 1. The number of carbonyl (C=O) groups is 1. The first-order chi connectivity index (χ1) is 23.1. The number of rotatable bonds is 11. The summed E-state index contributed by atoms with van der Waals surface area (Å²) >= 11 is 0. The van der Waals surface area contributed by atoms with Crippen molar-refractivity contribution in [2.24, 2.45) is 0 Å². The molecule has 0 spiro atoms. The third kappa shape index (κ3) is 8.95. The second-order valence-corrected chi connectivity index (χ2v) is 12.1. The van der Waals surface area contributed by atoms with Gasteiger partial charge in [-0.15, -0.1) is 13.2 Å². The van der Waals surface area contributed by atoms with E-state index in [0.29, 0.717) is 42.0 Å². The fraction of sp³-hybridized carbons (Fsp3) is 0.400. The van der Waals surface area contributed by atoms with Gasteiger partial charge in [0.05, 0.1) is 0 Å². The van der Waals surface area contributed by atoms with E-state index in [4.69, 9.17) is 13.9 Å². The average Bonchev–Trinajstić information content (AvgIpc) is 3.49. The molecule has 0 unspecified atom stereocenters. The zero-order valence-corrected chi connectivity index (χ0v) is 26.1. The van der Waals surface area contributed by atoms with Crippen molar-refractivity contribution in [1.82, 2.24) is 15.1 Å². The highest BCUT2D eigenvalue weighted by Crippen LogP contribution is 2.29. The van der Waals surface area contributed by atoms with Gasteiger partial charge in [-0.1, -0.05) is 24.3 Å². The molecule has 1 N–H and O–H groups in total. The molecular weight excluding hydrogens is 637 g/mol. The molecule has 6 rings (SSSR count). The van der Waals surface area contributed by atoms with Gasteiger partial charge in [0.1, 0.15) is 35.1 Å². The predicted molar refractivity (Wildman–Crippen MR) is 167 cm³/mol. The number of ether oxygens (including phenoxy) is 3. The Kier molecular flexibility index (Phi) is 10.4. The first kappa shape index (κ1) is 33.5. The normalized spacial score (nSPS) is 19.7. The van der Waals surface area contributed by atoms with Crippen LogP contribution in [0.5, 0.6) is 17.2 Å². The number of nitrogens with zero attached hydrogens (tertiary/aromatic N) is 2. The van der Waals surface area contributed by atoms with E-state index in [9.17, 15) is 22.4 Å². The van der Waals surface area contributed by atoms with Crippen LogP contribution in [0.4, 0.5) is 22.0 Å². The van der Waals surface area contributed by atoms with Crippen molar-refractivity contribution < 1.29 is 45.4 Å². The molecule has 2 atom stereocenters. The molecular formula is C35H36F5N3O5. The first-order valence-electron chi connectivity index (χ1n) is 15.8. The Morgan fingerprint density at radius 1 is 0.833 bits per heavy atom. The molecule has 0 bridgehead atoms. The summed E-state index contributed by atoms with van der Waals surface area (Å²) in [6.45, 7) is 2.59. The summed E-state index contributed by atoms with van der Waals surface area (Å²) in [6, 6.07) is 19.7. The fourth-order valence-corrected chi connectivity index (χ4v) is 6.16. The van der Waals surface area contributed by atoms with Crippen molar-refractivity contribution in [2.75, 3.05) is 33.0 Å². The van der Waals surface area contributed by atoms with Gasteiger partial charge in [-0.05, 0) is 78.9 Å². The Hall–Kier alpha value is -4.36. The lowest BCUT2D eigenvalue weighted by Crippen LogP contribution is -2.46. The molecule has 256 valence electrons. The second kappa shape index (κ2) is 14.8. The van der Waals surface area contributed by atoms with E-state index in [1.54, 1.807) is 36.4 Å². The van der Waals surface area contributed by atoms with Crippen molar-refractivity contribution in [1.29, 1.82) is 0 Å². The lowest BCUT2D eigenvalue weighted by Gasteiger charge is -2.34. The summed E-state index contributed by atoms with van der Waals surface area (Å²) < 4.78 is 85.3. The Balaban J connectivity index is 0.960. The number of amides is 1. The number of furan rings is 1. The van der Waals surface area contributed by atoms with Crippen molar-refractivity contribution in [3.8, 4) is 17.2 Å². The summed E-state index contributed by atoms with van der Waals surface area (Å²) in [5.41, 5.74) is 2.37. The molecule has 48 heavy (non-hydrogen) atoms. The molecule has 2 aliphatic heterocycles. The van der Waals surface area contributed by atoms with Gasteiger partial charge < -0.3 is 23.9 Å². The maximum atomic E-state index is 15.2. The molecule has 2 saturated heterocycles. The Labute approximate surface area is 274 Å². The Morgan fingerprint density at radius 2 is 1.46 bits per heavy atom. The zero-order valence-electron chi connectivity index (χ0n) is 26.1. The summed E-state index contributed by atoms with van der Waals surface area (Å²) in [5.74, 6) is 0.553. The molecule has 4 aromatic rings. The van der Waals surface area contributed by atoms with E-state index in [0.717, 1.165) is 43.6 Å². The van der Waals surface area contributed by atoms with Gasteiger partial charge in [0.15, 0.2) is 5.76 Å². The number of benzene rings is 3. The molecule has 0 radical (unpaired) electrons. The summed E-state index contributed by atoms with van der Waals surface area (Å²) in [4.78, 5) is 17.2. The smallest absolute Gasteiger partial charge is 0.487 e. The highest BCUT2D eigenvalue weighted by molar-refractivity contribution is 5.96. The van der Waals surface area contributed by atoms with Crippen LogP contribution in [0.15, 0.2) is 77.2 Å². The standard InChI is InChI=1S/C35H36F5N3O5/c36-22-45-27-5-1-23(2-6-27)19-42-14-11-26(12-15-42)41-34(44)33-18-25-17-29(9-10-31(25)47-33)46-32-13-16-43(21-30(32)37)20-24-3-7-28(8-4-24)48-35(38,39)40/h1-10,17-18,26,30,32H,11-16,19-22H2,(H,41,44)/t30-,32-/m1/s1. The van der Waals surface area contributed by atoms with Crippen LogP contribution in [0.25, 0.3) is 11.0 Å². The minimum atomic E-state index is -4.75. The molecule has 3 heterocycles. The van der Waals surface area contributed by atoms with E-state index < -0.39 is 25.5 Å². The van der Waals surface area contributed by atoms with Crippen LogP contribution < -0.4 is 19.5 Å². The number of carbonyl (C=O) groups excluding carboxylic acids is 1. The maximum Gasteiger partial charge on any atom is 0.573 e. The molecule has 13 heteroatoms. The van der Waals surface area contributed by atoms with Crippen LogP contribution in [-0.4, -0.2) is 73.4 Å². The SMILES string of the molecule is O=C(NC1CCN(Cc2ccc(OCF)cc2)CC1)c1cc2cc(O[C@@H]3CCN(Cc4ccc(OC(F)(F)F)cc4)C[C@H]3F)ccc2o1. The van der Waals surface area contributed by atoms with E-state index in [1.165, 1.54) is 24.3 Å². The van der Waals surface area contributed by atoms with Gasteiger partial charge in [-0.2, -0.15) is 0 Å². The largest absolute Gasteiger partial charge is 0.573 e. The molecule has 0 aliphatic carbocycles. The maximum absolute atomic E-state index is 15.2. The quantitative estimate of drug-likeness (QED) is 0.172. The molecule has 8 nitrogen and oxygen atoms in total. The minimum absolute atomic E-state index is 0.0105. The predicted octanol–water partition coefficient (Wildman–Crippen LogP) is 7.02. The van der Waals surface area contributed by atoms with Crippen LogP contribution in [0.2, 0.25) is 0 Å². The van der Waals surface area contributed by atoms with E-state index in [1.807, 2.05) is 17.0 Å². The van der Waals surface area contributed by atoms with E-state index >= 15 is 4.39 Å². The summed E-state index contributed by atoms with van der Waals surface area (Å²) in [5, 5.41) is 3.74. The molecule has 2 aliphatic rings. The highest BCUT2D eigenvalue weighted by atomic mass is 19.4. The highest BCUT2D eigenvalue weighted by Gasteiger charge is 2.32. The van der Waals surface area contributed by atoms with Crippen molar-refractivity contribution >= 4 is 16.9 Å². The molecule has 3 aromatic carbocycles. The van der Waals surface area contributed by atoms with Crippen molar-refractivity contribution in [3.05, 3.63) is 89.7 Å². The van der Waals surface area contributed by atoms with Crippen LogP contribution >= 0.6 is 0 Å². The van der Waals surface area contributed by atoms with Gasteiger partial charge in [0.2, 0.25) is 6.86 Å².